The van der Waals surface area contributed by atoms with Gasteiger partial charge in [-0.1, -0.05) is 12.8 Å². The van der Waals surface area contributed by atoms with Gasteiger partial charge >= 0.3 is 5.97 Å². The average molecular weight is 195 g/mol. The number of aliphatic carboxylic acids is 1. The minimum Gasteiger partial charge on any atom is -0.481 e. The van der Waals surface area contributed by atoms with Crippen LogP contribution in [0.5, 0.6) is 0 Å². The van der Waals surface area contributed by atoms with Crippen molar-refractivity contribution in [3.8, 4) is 12.3 Å². The molecular weight excluding hydrogens is 178 g/mol. The lowest BCUT2D eigenvalue weighted by atomic mass is 9.76. The van der Waals surface area contributed by atoms with Crippen molar-refractivity contribution in [2.24, 2.45) is 5.41 Å². The first kappa shape index (κ1) is 11.1. The fourth-order valence-electron chi connectivity index (χ4n) is 1.99. The molecule has 1 aliphatic heterocycles. The van der Waals surface area contributed by atoms with Gasteiger partial charge in [-0.25, -0.2) is 0 Å². The molecule has 0 aromatic carbocycles. The van der Waals surface area contributed by atoms with Gasteiger partial charge in [-0.3, -0.25) is 9.69 Å². The largest absolute Gasteiger partial charge is 0.481 e. The van der Waals surface area contributed by atoms with Crippen molar-refractivity contribution >= 4 is 5.97 Å². The van der Waals surface area contributed by atoms with Crippen molar-refractivity contribution < 1.29 is 9.90 Å². The third kappa shape index (κ3) is 2.08. The van der Waals surface area contributed by atoms with Gasteiger partial charge in [0.05, 0.1) is 12.0 Å². The Bertz CT molecular complexity index is 247. The van der Waals surface area contributed by atoms with E-state index in [4.69, 9.17) is 11.5 Å². The maximum Gasteiger partial charge on any atom is 0.309 e. The van der Waals surface area contributed by atoms with E-state index in [-0.39, 0.29) is 0 Å². The Morgan fingerprint density at radius 2 is 2.14 bits per heavy atom. The molecule has 1 heterocycles. The summed E-state index contributed by atoms with van der Waals surface area (Å²) in [6, 6.07) is 0. The Kier molecular flexibility index (Phi) is 3.54. The van der Waals surface area contributed by atoms with E-state index >= 15 is 0 Å². The van der Waals surface area contributed by atoms with Crippen molar-refractivity contribution in [3.05, 3.63) is 0 Å². The van der Waals surface area contributed by atoms with E-state index in [9.17, 15) is 4.79 Å². The molecule has 0 aromatic heterocycles. The van der Waals surface area contributed by atoms with E-state index in [1.54, 1.807) is 0 Å². The van der Waals surface area contributed by atoms with Gasteiger partial charge < -0.3 is 5.11 Å². The Labute approximate surface area is 85.1 Å². The molecule has 0 spiro atoms. The molecule has 3 heteroatoms. The molecule has 1 aliphatic rings. The van der Waals surface area contributed by atoms with Gasteiger partial charge in [-0.05, 0) is 19.3 Å². The Hall–Kier alpha value is -1.01. The number of carboxylic acid groups (broad SMARTS) is 1. The number of likely N-dealkylation sites (tertiary alicyclic amines) is 1. The van der Waals surface area contributed by atoms with Gasteiger partial charge in [0.15, 0.2) is 0 Å². The van der Waals surface area contributed by atoms with E-state index in [0.29, 0.717) is 13.0 Å². The van der Waals surface area contributed by atoms with E-state index < -0.39 is 11.4 Å². The summed E-state index contributed by atoms with van der Waals surface area (Å²) in [6.07, 6.45) is 7.37. The van der Waals surface area contributed by atoms with Crippen LogP contribution in [0.3, 0.4) is 0 Å². The second-order valence-electron chi connectivity index (χ2n) is 3.92. The first-order chi connectivity index (χ1) is 6.64. The number of piperidine rings is 1. The molecule has 0 aliphatic carbocycles. The van der Waals surface area contributed by atoms with Crippen LogP contribution >= 0.6 is 0 Å². The van der Waals surface area contributed by atoms with Crippen LogP contribution in [-0.4, -0.2) is 35.6 Å². The van der Waals surface area contributed by atoms with E-state index in [2.05, 4.69) is 10.8 Å². The van der Waals surface area contributed by atoms with Gasteiger partial charge in [-0.2, -0.15) is 0 Å². The monoisotopic (exact) mass is 195 g/mol. The molecule has 0 unspecified atom stereocenters. The maximum absolute atomic E-state index is 11.1. The Morgan fingerprint density at radius 1 is 1.57 bits per heavy atom. The lowest BCUT2D eigenvalue weighted by Crippen LogP contribution is -2.44. The molecule has 0 amide bonds. The highest BCUT2D eigenvalue weighted by molar-refractivity contribution is 5.74. The van der Waals surface area contributed by atoms with Gasteiger partial charge in [0, 0.05) is 13.1 Å². The molecular formula is C11H17NO2. The SMILES string of the molecule is C#CCN1CCC(CC)(C(=O)O)CC1. The first-order valence-electron chi connectivity index (χ1n) is 5.04. The highest BCUT2D eigenvalue weighted by Gasteiger charge is 2.39. The molecule has 1 N–H and O–H groups in total. The third-order valence-electron chi connectivity index (χ3n) is 3.26. The quantitative estimate of drug-likeness (QED) is 0.688. The highest BCUT2D eigenvalue weighted by atomic mass is 16.4. The Morgan fingerprint density at radius 3 is 2.50 bits per heavy atom. The fraction of sp³-hybridized carbons (Fsp3) is 0.727. The van der Waals surface area contributed by atoms with Crippen molar-refractivity contribution in [1.82, 2.24) is 4.90 Å². The van der Waals surface area contributed by atoms with Crippen LogP contribution in [0.4, 0.5) is 0 Å². The minimum absolute atomic E-state index is 0.495. The number of carboxylic acids is 1. The van der Waals surface area contributed by atoms with Gasteiger partial charge in [0.2, 0.25) is 0 Å². The zero-order valence-electron chi connectivity index (χ0n) is 8.62. The standard InChI is InChI=1S/C11H17NO2/c1-3-7-12-8-5-11(4-2,6-9-12)10(13)14/h1H,4-9H2,2H3,(H,13,14). The summed E-state index contributed by atoms with van der Waals surface area (Å²) in [5.74, 6) is 1.94. The number of hydrogen-bond acceptors (Lipinski definition) is 2. The lowest BCUT2D eigenvalue weighted by Gasteiger charge is -2.37. The molecule has 0 atom stereocenters. The van der Waals surface area contributed by atoms with Gasteiger partial charge in [0.1, 0.15) is 0 Å². The fourth-order valence-corrected chi connectivity index (χ4v) is 1.99. The second kappa shape index (κ2) is 4.47. The predicted octanol–water partition coefficient (Wildman–Crippen LogP) is 1.20. The lowest BCUT2D eigenvalue weighted by molar-refractivity contribution is -0.152. The second-order valence-corrected chi connectivity index (χ2v) is 3.92. The molecule has 1 fully saturated rings. The zero-order valence-corrected chi connectivity index (χ0v) is 8.62. The van der Waals surface area contributed by atoms with Crippen molar-refractivity contribution in [2.45, 2.75) is 26.2 Å². The molecule has 1 saturated heterocycles. The van der Waals surface area contributed by atoms with Gasteiger partial charge in [-0.15, -0.1) is 6.42 Å². The summed E-state index contributed by atoms with van der Waals surface area (Å²) in [4.78, 5) is 13.2. The summed E-state index contributed by atoms with van der Waals surface area (Å²) in [5, 5.41) is 9.15. The topological polar surface area (TPSA) is 40.5 Å². The van der Waals surface area contributed by atoms with Crippen LogP contribution in [-0.2, 0) is 4.79 Å². The molecule has 78 valence electrons. The zero-order chi connectivity index (χ0) is 10.6. The summed E-state index contributed by atoms with van der Waals surface area (Å²) in [5.41, 5.74) is -0.495. The van der Waals surface area contributed by atoms with Crippen LogP contribution in [0.25, 0.3) is 0 Å². The van der Waals surface area contributed by atoms with E-state index in [1.165, 1.54) is 0 Å². The summed E-state index contributed by atoms with van der Waals surface area (Å²) in [7, 11) is 0. The van der Waals surface area contributed by atoms with Crippen LogP contribution in [0, 0.1) is 17.8 Å². The van der Waals surface area contributed by atoms with Crippen molar-refractivity contribution in [3.63, 3.8) is 0 Å². The van der Waals surface area contributed by atoms with Crippen LogP contribution < -0.4 is 0 Å². The van der Waals surface area contributed by atoms with E-state index in [0.717, 1.165) is 25.9 Å². The Balaban J connectivity index is 2.56. The number of carbonyl (C=O) groups is 1. The summed E-state index contributed by atoms with van der Waals surface area (Å²) in [6.45, 7) is 4.21. The van der Waals surface area contributed by atoms with Crippen molar-refractivity contribution in [2.75, 3.05) is 19.6 Å². The molecule has 0 aromatic rings. The first-order valence-corrected chi connectivity index (χ1v) is 5.04. The predicted molar refractivity (Wildman–Crippen MR) is 54.9 cm³/mol. The molecule has 0 radical (unpaired) electrons. The van der Waals surface area contributed by atoms with Crippen LogP contribution in [0.15, 0.2) is 0 Å². The van der Waals surface area contributed by atoms with Crippen LogP contribution in [0.2, 0.25) is 0 Å². The molecule has 3 nitrogen and oxygen atoms in total. The third-order valence-corrected chi connectivity index (χ3v) is 3.26. The number of terminal acetylenes is 1. The number of nitrogens with zero attached hydrogens (tertiary/aromatic N) is 1. The smallest absolute Gasteiger partial charge is 0.309 e. The molecule has 14 heavy (non-hydrogen) atoms. The minimum atomic E-state index is -0.652. The maximum atomic E-state index is 11.1. The highest BCUT2D eigenvalue weighted by Crippen LogP contribution is 2.34. The molecule has 0 saturated carbocycles. The molecule has 1 rings (SSSR count). The average Bonchev–Trinajstić information content (AvgIpc) is 2.19. The van der Waals surface area contributed by atoms with E-state index in [1.807, 2.05) is 6.92 Å². The number of rotatable bonds is 3. The summed E-state index contributed by atoms with van der Waals surface area (Å²) < 4.78 is 0. The number of hydrogen-bond donors (Lipinski definition) is 1. The summed E-state index contributed by atoms with van der Waals surface area (Å²) >= 11 is 0. The van der Waals surface area contributed by atoms with Gasteiger partial charge in [0.25, 0.3) is 0 Å². The van der Waals surface area contributed by atoms with Crippen molar-refractivity contribution in [1.29, 1.82) is 0 Å². The van der Waals surface area contributed by atoms with Crippen LogP contribution in [0.1, 0.15) is 26.2 Å². The molecule has 0 bridgehead atoms. The normalized spacial score (nSPS) is 21.4.